The van der Waals surface area contributed by atoms with Gasteiger partial charge in [0.15, 0.2) is 0 Å². The van der Waals surface area contributed by atoms with Crippen molar-refractivity contribution < 1.29 is 4.79 Å². The van der Waals surface area contributed by atoms with Crippen molar-refractivity contribution in [3.63, 3.8) is 0 Å². The van der Waals surface area contributed by atoms with Crippen LogP contribution >= 0.6 is 0 Å². The van der Waals surface area contributed by atoms with Gasteiger partial charge in [-0.2, -0.15) is 0 Å². The van der Waals surface area contributed by atoms with E-state index in [1.165, 1.54) is 0 Å². The van der Waals surface area contributed by atoms with Crippen LogP contribution in [-0.4, -0.2) is 30.1 Å². The summed E-state index contributed by atoms with van der Waals surface area (Å²) in [6, 6.07) is 0. The zero-order valence-electron chi connectivity index (χ0n) is 9.55. The molecule has 0 aromatic carbocycles. The highest BCUT2D eigenvalue weighted by Crippen LogP contribution is 2.12. The standard InChI is InChI=1S/C11H22N2O/c1-4-5-10-12-8-11(14)13(10)7-6-9(2)3/h9-10,12H,4-8H2,1-3H3. The van der Waals surface area contributed by atoms with E-state index in [-0.39, 0.29) is 5.91 Å². The molecule has 1 amide bonds. The second-order valence-electron chi connectivity index (χ2n) is 4.46. The fourth-order valence-electron chi connectivity index (χ4n) is 1.80. The molecule has 1 aliphatic heterocycles. The van der Waals surface area contributed by atoms with Crippen molar-refractivity contribution in [2.45, 2.75) is 46.2 Å². The topological polar surface area (TPSA) is 32.3 Å². The Morgan fingerprint density at radius 2 is 2.29 bits per heavy atom. The van der Waals surface area contributed by atoms with E-state index >= 15 is 0 Å². The van der Waals surface area contributed by atoms with Crippen molar-refractivity contribution in [3.8, 4) is 0 Å². The SMILES string of the molecule is CCCC1NCC(=O)N1CCC(C)C. The molecule has 0 aromatic heterocycles. The van der Waals surface area contributed by atoms with Crippen molar-refractivity contribution >= 4 is 5.91 Å². The molecule has 1 saturated heterocycles. The summed E-state index contributed by atoms with van der Waals surface area (Å²) < 4.78 is 0. The number of nitrogens with zero attached hydrogens (tertiary/aromatic N) is 1. The third-order valence-electron chi connectivity index (χ3n) is 2.69. The number of amides is 1. The molecule has 3 nitrogen and oxygen atoms in total. The molecule has 1 fully saturated rings. The summed E-state index contributed by atoms with van der Waals surface area (Å²) in [4.78, 5) is 13.5. The second-order valence-corrected chi connectivity index (χ2v) is 4.46. The lowest BCUT2D eigenvalue weighted by Crippen LogP contribution is -2.38. The van der Waals surface area contributed by atoms with Crippen LogP contribution in [0.2, 0.25) is 0 Å². The van der Waals surface area contributed by atoms with Gasteiger partial charge in [0.2, 0.25) is 5.91 Å². The van der Waals surface area contributed by atoms with Crippen LogP contribution < -0.4 is 5.32 Å². The van der Waals surface area contributed by atoms with Crippen LogP contribution in [-0.2, 0) is 4.79 Å². The van der Waals surface area contributed by atoms with E-state index in [0.29, 0.717) is 18.6 Å². The maximum absolute atomic E-state index is 11.5. The molecule has 82 valence electrons. The number of nitrogens with one attached hydrogen (secondary N) is 1. The summed E-state index contributed by atoms with van der Waals surface area (Å²) in [5.74, 6) is 0.940. The first kappa shape index (κ1) is 11.5. The fourth-order valence-corrected chi connectivity index (χ4v) is 1.80. The van der Waals surface area contributed by atoms with Gasteiger partial charge in [-0.1, -0.05) is 27.2 Å². The summed E-state index contributed by atoms with van der Waals surface area (Å²) in [5.41, 5.74) is 0. The number of hydrogen-bond donors (Lipinski definition) is 1. The molecule has 0 radical (unpaired) electrons. The molecule has 1 heterocycles. The average Bonchev–Trinajstić information content (AvgIpc) is 2.45. The quantitative estimate of drug-likeness (QED) is 0.727. The molecule has 0 saturated carbocycles. The third kappa shape index (κ3) is 2.98. The van der Waals surface area contributed by atoms with Gasteiger partial charge in [-0.3, -0.25) is 10.1 Å². The molecule has 14 heavy (non-hydrogen) atoms. The third-order valence-corrected chi connectivity index (χ3v) is 2.69. The van der Waals surface area contributed by atoms with E-state index in [0.717, 1.165) is 25.8 Å². The van der Waals surface area contributed by atoms with Crippen LogP contribution in [0.25, 0.3) is 0 Å². The molecule has 1 atom stereocenters. The van der Waals surface area contributed by atoms with Crippen LogP contribution in [0.3, 0.4) is 0 Å². The van der Waals surface area contributed by atoms with Crippen molar-refractivity contribution in [3.05, 3.63) is 0 Å². The lowest BCUT2D eigenvalue weighted by molar-refractivity contribution is -0.128. The minimum atomic E-state index is 0.268. The first-order valence-electron chi connectivity index (χ1n) is 5.68. The number of carbonyl (C=O) groups excluding carboxylic acids is 1. The van der Waals surface area contributed by atoms with Crippen LogP contribution in [0.1, 0.15) is 40.0 Å². The predicted octanol–water partition coefficient (Wildman–Crippen LogP) is 1.59. The Hall–Kier alpha value is -0.570. The predicted molar refractivity (Wildman–Crippen MR) is 57.9 cm³/mol. The van der Waals surface area contributed by atoms with E-state index in [4.69, 9.17) is 0 Å². The van der Waals surface area contributed by atoms with Gasteiger partial charge in [0.25, 0.3) is 0 Å². The van der Waals surface area contributed by atoms with E-state index < -0.39 is 0 Å². The lowest BCUT2D eigenvalue weighted by atomic mass is 10.1. The van der Waals surface area contributed by atoms with Gasteiger partial charge in [0, 0.05) is 6.54 Å². The van der Waals surface area contributed by atoms with Gasteiger partial charge < -0.3 is 4.90 Å². The van der Waals surface area contributed by atoms with Gasteiger partial charge in [0.1, 0.15) is 0 Å². The largest absolute Gasteiger partial charge is 0.326 e. The van der Waals surface area contributed by atoms with Crippen LogP contribution in [0.5, 0.6) is 0 Å². The first-order chi connectivity index (χ1) is 6.65. The van der Waals surface area contributed by atoms with Crippen LogP contribution in [0.4, 0.5) is 0 Å². The average molecular weight is 198 g/mol. The highest BCUT2D eigenvalue weighted by Gasteiger charge is 2.28. The summed E-state index contributed by atoms with van der Waals surface area (Å²) in [6.07, 6.45) is 3.60. The number of carbonyl (C=O) groups is 1. The molecule has 0 aromatic rings. The molecule has 0 spiro atoms. The summed E-state index contributed by atoms with van der Waals surface area (Å²) >= 11 is 0. The lowest BCUT2D eigenvalue weighted by Gasteiger charge is -2.24. The van der Waals surface area contributed by atoms with Crippen LogP contribution in [0, 0.1) is 5.92 Å². The minimum Gasteiger partial charge on any atom is -0.326 e. The normalized spacial score (nSPS) is 22.4. The molecule has 1 aliphatic rings. The Bertz CT molecular complexity index is 192. The maximum atomic E-state index is 11.5. The van der Waals surface area contributed by atoms with E-state index in [1.807, 2.05) is 4.90 Å². The molecule has 1 rings (SSSR count). The minimum absolute atomic E-state index is 0.268. The van der Waals surface area contributed by atoms with Crippen molar-refractivity contribution in [1.29, 1.82) is 0 Å². The van der Waals surface area contributed by atoms with Crippen molar-refractivity contribution in [1.82, 2.24) is 10.2 Å². The fraction of sp³-hybridized carbons (Fsp3) is 0.909. The molecule has 1 N–H and O–H groups in total. The Kier molecular flexibility index (Phi) is 4.39. The number of rotatable bonds is 5. The van der Waals surface area contributed by atoms with Gasteiger partial charge in [0.05, 0.1) is 12.7 Å². The molecule has 0 aliphatic carbocycles. The Labute approximate surface area is 86.9 Å². The molecular formula is C11H22N2O. The van der Waals surface area contributed by atoms with Gasteiger partial charge >= 0.3 is 0 Å². The van der Waals surface area contributed by atoms with Gasteiger partial charge in [-0.05, 0) is 18.8 Å². The maximum Gasteiger partial charge on any atom is 0.237 e. The van der Waals surface area contributed by atoms with Crippen LogP contribution in [0.15, 0.2) is 0 Å². The number of hydrogen-bond acceptors (Lipinski definition) is 2. The highest BCUT2D eigenvalue weighted by molar-refractivity contribution is 5.80. The summed E-state index contributed by atoms with van der Waals surface area (Å²) in [5, 5.41) is 3.26. The zero-order chi connectivity index (χ0) is 10.6. The van der Waals surface area contributed by atoms with Crippen molar-refractivity contribution in [2.75, 3.05) is 13.1 Å². The summed E-state index contributed by atoms with van der Waals surface area (Å²) in [6.45, 7) is 7.99. The van der Waals surface area contributed by atoms with Crippen molar-refractivity contribution in [2.24, 2.45) is 5.92 Å². The Morgan fingerprint density at radius 3 is 2.86 bits per heavy atom. The smallest absolute Gasteiger partial charge is 0.237 e. The molecular weight excluding hydrogens is 176 g/mol. The van der Waals surface area contributed by atoms with Gasteiger partial charge in [-0.25, -0.2) is 0 Å². The highest BCUT2D eigenvalue weighted by atomic mass is 16.2. The van der Waals surface area contributed by atoms with E-state index in [1.54, 1.807) is 0 Å². The molecule has 1 unspecified atom stereocenters. The molecule has 0 bridgehead atoms. The van der Waals surface area contributed by atoms with E-state index in [9.17, 15) is 4.79 Å². The zero-order valence-corrected chi connectivity index (χ0v) is 9.55. The Balaban J connectivity index is 2.41. The summed E-state index contributed by atoms with van der Waals surface area (Å²) in [7, 11) is 0. The second kappa shape index (κ2) is 5.35. The first-order valence-corrected chi connectivity index (χ1v) is 5.68. The molecule has 3 heteroatoms. The van der Waals surface area contributed by atoms with Gasteiger partial charge in [-0.15, -0.1) is 0 Å². The Morgan fingerprint density at radius 1 is 1.57 bits per heavy atom. The van der Waals surface area contributed by atoms with E-state index in [2.05, 4.69) is 26.1 Å². The monoisotopic (exact) mass is 198 g/mol.